The molecule has 6 nitrogen and oxygen atoms in total. The number of methoxy groups -OCH3 is 1. The number of aromatic nitrogens is 2. The van der Waals surface area contributed by atoms with Crippen molar-refractivity contribution in [3.05, 3.63) is 54.1 Å². The molecular weight excluding hydrogens is 352 g/mol. The Bertz CT molecular complexity index is 852. The van der Waals surface area contributed by atoms with E-state index in [1.807, 2.05) is 30.3 Å². The van der Waals surface area contributed by atoms with Crippen molar-refractivity contribution in [3.63, 3.8) is 0 Å². The number of rotatable bonds is 9. The fourth-order valence-corrected chi connectivity index (χ4v) is 2.97. The maximum Gasteiger partial charge on any atom is 0.276 e. The summed E-state index contributed by atoms with van der Waals surface area (Å²) in [7, 11) is 1.55. The molecule has 0 radical (unpaired) electrons. The number of thioether (sulfide) groups is 1. The molecule has 0 aliphatic heterocycles. The lowest BCUT2D eigenvalue weighted by molar-refractivity contribution is 0.111. The van der Waals surface area contributed by atoms with Gasteiger partial charge in [0.15, 0.2) is 17.8 Å². The summed E-state index contributed by atoms with van der Waals surface area (Å²) in [5, 5.41) is 8.62. The van der Waals surface area contributed by atoms with Crippen LogP contribution in [0.15, 0.2) is 58.2 Å². The lowest BCUT2D eigenvalue weighted by Crippen LogP contribution is -2.03. The highest BCUT2D eigenvalue weighted by Crippen LogP contribution is 2.30. The van der Waals surface area contributed by atoms with Crippen LogP contribution in [0.1, 0.15) is 16.8 Å². The van der Waals surface area contributed by atoms with Crippen LogP contribution < -0.4 is 9.47 Å². The van der Waals surface area contributed by atoms with Gasteiger partial charge < -0.3 is 13.9 Å². The van der Waals surface area contributed by atoms with Crippen LogP contribution in [0.5, 0.6) is 11.5 Å². The van der Waals surface area contributed by atoms with E-state index in [9.17, 15) is 4.79 Å². The zero-order valence-electron chi connectivity index (χ0n) is 14.3. The zero-order chi connectivity index (χ0) is 18.2. The van der Waals surface area contributed by atoms with Crippen LogP contribution in [-0.2, 0) is 0 Å². The standard InChI is InChI=1S/C19H18N2O4S/c1-23-16-10-5-9-15(13-22)17(16)24-11-6-12-26-19-21-20-18(25-19)14-7-3-2-4-8-14/h2-5,7-10,13H,6,11-12H2,1H3. The number of hydrogen-bond donors (Lipinski definition) is 0. The summed E-state index contributed by atoms with van der Waals surface area (Å²) in [6, 6.07) is 14.9. The highest BCUT2D eigenvalue weighted by Gasteiger charge is 2.11. The first-order valence-corrected chi connectivity index (χ1v) is 9.07. The van der Waals surface area contributed by atoms with E-state index in [-0.39, 0.29) is 0 Å². The highest BCUT2D eigenvalue weighted by atomic mass is 32.2. The monoisotopic (exact) mass is 370 g/mol. The molecule has 0 fully saturated rings. The minimum absolute atomic E-state index is 0.452. The Morgan fingerprint density at radius 3 is 2.73 bits per heavy atom. The fraction of sp³-hybridized carbons (Fsp3) is 0.211. The van der Waals surface area contributed by atoms with Crippen molar-refractivity contribution >= 4 is 18.0 Å². The first kappa shape index (κ1) is 18.0. The van der Waals surface area contributed by atoms with E-state index < -0.39 is 0 Å². The molecule has 0 aliphatic carbocycles. The van der Waals surface area contributed by atoms with Crippen LogP contribution in [0.25, 0.3) is 11.5 Å². The van der Waals surface area contributed by atoms with E-state index in [4.69, 9.17) is 13.9 Å². The summed E-state index contributed by atoms with van der Waals surface area (Å²) in [6.07, 6.45) is 1.51. The molecule has 0 atom stereocenters. The third-order valence-corrected chi connectivity index (χ3v) is 4.45. The Kier molecular flexibility index (Phi) is 6.27. The minimum Gasteiger partial charge on any atom is -0.493 e. The molecule has 0 saturated heterocycles. The summed E-state index contributed by atoms with van der Waals surface area (Å²) in [6.45, 7) is 0.452. The van der Waals surface area contributed by atoms with E-state index in [1.54, 1.807) is 25.3 Å². The average Bonchev–Trinajstić information content (AvgIpc) is 3.17. The number of para-hydroxylation sites is 1. The molecule has 0 spiro atoms. The Morgan fingerprint density at radius 2 is 1.96 bits per heavy atom. The van der Waals surface area contributed by atoms with Crippen LogP contribution in [0.2, 0.25) is 0 Å². The summed E-state index contributed by atoms with van der Waals surface area (Å²) < 4.78 is 16.6. The predicted molar refractivity (Wildman–Crippen MR) is 99.0 cm³/mol. The van der Waals surface area contributed by atoms with E-state index in [0.717, 1.165) is 24.0 Å². The summed E-state index contributed by atoms with van der Waals surface area (Å²) in [4.78, 5) is 11.1. The molecular formula is C19H18N2O4S. The summed E-state index contributed by atoms with van der Waals surface area (Å²) in [5.74, 6) is 2.28. The normalized spacial score (nSPS) is 10.5. The molecule has 1 aromatic heterocycles. The predicted octanol–water partition coefficient (Wildman–Crippen LogP) is 4.12. The van der Waals surface area contributed by atoms with Gasteiger partial charge >= 0.3 is 0 Å². The van der Waals surface area contributed by atoms with E-state index in [0.29, 0.717) is 34.8 Å². The number of carbonyl (C=O) groups is 1. The second-order valence-corrected chi connectivity index (χ2v) is 6.33. The smallest absolute Gasteiger partial charge is 0.276 e. The van der Waals surface area contributed by atoms with Gasteiger partial charge in [0.2, 0.25) is 5.89 Å². The van der Waals surface area contributed by atoms with Gasteiger partial charge in [-0.15, -0.1) is 10.2 Å². The number of benzene rings is 2. The molecule has 0 N–H and O–H groups in total. The summed E-state index contributed by atoms with van der Waals surface area (Å²) >= 11 is 1.47. The Labute approximate surface area is 155 Å². The fourth-order valence-electron chi connectivity index (χ4n) is 2.30. The molecule has 0 amide bonds. The SMILES string of the molecule is COc1cccc(C=O)c1OCCCSc1nnc(-c2ccccc2)o1. The Balaban J connectivity index is 1.48. The minimum atomic E-state index is 0.452. The van der Waals surface area contributed by atoms with Crippen LogP contribution >= 0.6 is 11.8 Å². The molecule has 3 aromatic rings. The van der Waals surface area contributed by atoms with Crippen molar-refractivity contribution in [2.75, 3.05) is 19.5 Å². The van der Waals surface area contributed by atoms with Crippen molar-refractivity contribution in [2.45, 2.75) is 11.6 Å². The number of ether oxygens (including phenoxy) is 2. The van der Waals surface area contributed by atoms with Crippen LogP contribution in [-0.4, -0.2) is 36.0 Å². The van der Waals surface area contributed by atoms with Crippen LogP contribution in [0.3, 0.4) is 0 Å². The van der Waals surface area contributed by atoms with Gasteiger partial charge in [-0.05, 0) is 30.7 Å². The van der Waals surface area contributed by atoms with Crippen LogP contribution in [0, 0.1) is 0 Å². The van der Waals surface area contributed by atoms with E-state index in [2.05, 4.69) is 10.2 Å². The largest absolute Gasteiger partial charge is 0.493 e. The Hall–Kier alpha value is -2.80. The molecule has 1 heterocycles. The number of carbonyl (C=O) groups excluding carboxylic acids is 1. The van der Waals surface area contributed by atoms with Gasteiger partial charge in [0.05, 0.1) is 19.3 Å². The lowest BCUT2D eigenvalue weighted by Gasteiger charge is -2.12. The second kappa shape index (κ2) is 9.05. The van der Waals surface area contributed by atoms with Gasteiger partial charge in [0.25, 0.3) is 5.22 Å². The van der Waals surface area contributed by atoms with Gasteiger partial charge in [-0.1, -0.05) is 36.0 Å². The van der Waals surface area contributed by atoms with Crippen molar-refractivity contribution in [1.82, 2.24) is 10.2 Å². The Morgan fingerprint density at radius 1 is 1.12 bits per heavy atom. The molecule has 0 bridgehead atoms. The number of nitrogens with zero attached hydrogens (tertiary/aromatic N) is 2. The van der Waals surface area contributed by atoms with Crippen LogP contribution in [0.4, 0.5) is 0 Å². The second-order valence-electron chi connectivity index (χ2n) is 5.29. The molecule has 2 aromatic carbocycles. The average molecular weight is 370 g/mol. The molecule has 3 rings (SSSR count). The highest BCUT2D eigenvalue weighted by molar-refractivity contribution is 7.99. The molecule has 0 aliphatic rings. The maximum absolute atomic E-state index is 11.1. The van der Waals surface area contributed by atoms with Crippen molar-refractivity contribution < 1.29 is 18.7 Å². The van der Waals surface area contributed by atoms with Gasteiger partial charge in [-0.25, -0.2) is 0 Å². The zero-order valence-corrected chi connectivity index (χ0v) is 15.1. The van der Waals surface area contributed by atoms with Crippen molar-refractivity contribution in [1.29, 1.82) is 0 Å². The third-order valence-electron chi connectivity index (χ3n) is 3.54. The topological polar surface area (TPSA) is 74.5 Å². The quantitative estimate of drug-likeness (QED) is 0.319. The lowest BCUT2D eigenvalue weighted by atomic mass is 10.2. The molecule has 134 valence electrons. The van der Waals surface area contributed by atoms with Crippen molar-refractivity contribution in [3.8, 4) is 23.0 Å². The van der Waals surface area contributed by atoms with Gasteiger partial charge in [0.1, 0.15) is 0 Å². The van der Waals surface area contributed by atoms with E-state index >= 15 is 0 Å². The molecule has 26 heavy (non-hydrogen) atoms. The molecule has 0 unspecified atom stereocenters. The van der Waals surface area contributed by atoms with Gasteiger partial charge in [-0.3, -0.25) is 4.79 Å². The van der Waals surface area contributed by atoms with Crippen molar-refractivity contribution in [2.24, 2.45) is 0 Å². The number of hydrogen-bond acceptors (Lipinski definition) is 7. The molecule has 0 saturated carbocycles. The first-order chi connectivity index (χ1) is 12.8. The molecule has 7 heteroatoms. The third kappa shape index (κ3) is 4.43. The summed E-state index contributed by atoms with van der Waals surface area (Å²) in [5.41, 5.74) is 1.37. The van der Waals surface area contributed by atoms with Gasteiger partial charge in [0, 0.05) is 11.3 Å². The maximum atomic E-state index is 11.1. The van der Waals surface area contributed by atoms with Gasteiger partial charge in [-0.2, -0.15) is 0 Å². The first-order valence-electron chi connectivity index (χ1n) is 8.08. The number of aldehydes is 1. The van der Waals surface area contributed by atoms with E-state index in [1.165, 1.54) is 11.8 Å².